The van der Waals surface area contributed by atoms with E-state index in [0.29, 0.717) is 11.4 Å². The van der Waals surface area contributed by atoms with Crippen molar-refractivity contribution in [3.05, 3.63) is 65.9 Å². The molecule has 7 nitrogen and oxygen atoms in total. The number of anilines is 2. The van der Waals surface area contributed by atoms with Crippen molar-refractivity contribution in [3.63, 3.8) is 0 Å². The van der Waals surface area contributed by atoms with Crippen LogP contribution >= 0.6 is 0 Å². The van der Waals surface area contributed by atoms with E-state index in [-0.39, 0.29) is 18.1 Å². The zero-order valence-electron chi connectivity index (χ0n) is 16.9. The van der Waals surface area contributed by atoms with Crippen molar-refractivity contribution < 1.29 is 14.1 Å². The van der Waals surface area contributed by atoms with Crippen LogP contribution in [-0.4, -0.2) is 36.6 Å². The molecule has 2 amide bonds. The Morgan fingerprint density at radius 1 is 1.07 bits per heavy atom. The summed E-state index contributed by atoms with van der Waals surface area (Å²) in [6.07, 6.45) is 2.44. The summed E-state index contributed by atoms with van der Waals surface area (Å²) >= 11 is 0. The molecule has 30 heavy (non-hydrogen) atoms. The molecule has 2 N–H and O–H groups in total. The van der Waals surface area contributed by atoms with Gasteiger partial charge in [-0.1, -0.05) is 35.5 Å². The largest absolute Gasteiger partial charge is 0.371 e. The molecule has 1 fully saturated rings. The van der Waals surface area contributed by atoms with Gasteiger partial charge in [0.1, 0.15) is 0 Å². The van der Waals surface area contributed by atoms with Crippen molar-refractivity contribution in [3.8, 4) is 11.3 Å². The lowest BCUT2D eigenvalue weighted by Gasteiger charge is -2.20. The number of hydrogen-bond donors (Lipinski definition) is 2. The number of aromatic nitrogens is 1. The van der Waals surface area contributed by atoms with E-state index < -0.39 is 5.91 Å². The summed E-state index contributed by atoms with van der Waals surface area (Å²) < 4.78 is 5.23. The number of carbonyl (C=O) groups excluding carboxylic acids is 2. The number of benzene rings is 2. The third-order valence-corrected chi connectivity index (χ3v) is 5.14. The minimum absolute atomic E-state index is 0.132. The van der Waals surface area contributed by atoms with Crippen LogP contribution in [0.25, 0.3) is 11.3 Å². The Hall–Kier alpha value is -3.61. The van der Waals surface area contributed by atoms with Gasteiger partial charge in [0, 0.05) is 36.1 Å². The van der Waals surface area contributed by atoms with Crippen LogP contribution in [0.5, 0.6) is 0 Å². The van der Waals surface area contributed by atoms with E-state index >= 15 is 0 Å². The molecule has 0 bridgehead atoms. The topological polar surface area (TPSA) is 87.5 Å². The first kappa shape index (κ1) is 19.7. The zero-order chi connectivity index (χ0) is 20.9. The molecule has 154 valence electrons. The van der Waals surface area contributed by atoms with Crippen molar-refractivity contribution >= 4 is 23.2 Å². The first-order valence-electron chi connectivity index (χ1n) is 10.1. The van der Waals surface area contributed by atoms with Gasteiger partial charge in [0.15, 0.2) is 11.5 Å². The van der Waals surface area contributed by atoms with Gasteiger partial charge in [-0.05, 0) is 43.5 Å². The maximum atomic E-state index is 12.3. The van der Waals surface area contributed by atoms with Gasteiger partial charge in [-0.15, -0.1) is 0 Å². The van der Waals surface area contributed by atoms with Gasteiger partial charge in [0.2, 0.25) is 5.91 Å². The van der Waals surface area contributed by atoms with Crippen molar-refractivity contribution in [1.29, 1.82) is 0 Å². The van der Waals surface area contributed by atoms with Crippen LogP contribution in [0, 0.1) is 6.92 Å². The first-order valence-corrected chi connectivity index (χ1v) is 10.1. The van der Waals surface area contributed by atoms with Gasteiger partial charge in [-0.25, -0.2) is 0 Å². The normalized spacial score (nSPS) is 13.3. The maximum Gasteiger partial charge on any atom is 0.273 e. The van der Waals surface area contributed by atoms with E-state index in [1.165, 1.54) is 18.5 Å². The number of rotatable bonds is 6. The molecule has 1 aromatic heterocycles. The Morgan fingerprint density at radius 2 is 1.83 bits per heavy atom. The Labute approximate surface area is 175 Å². The van der Waals surface area contributed by atoms with E-state index in [9.17, 15) is 9.59 Å². The number of hydrogen-bond acceptors (Lipinski definition) is 5. The maximum absolute atomic E-state index is 12.3. The molecule has 0 radical (unpaired) electrons. The fraction of sp³-hybridized carbons (Fsp3) is 0.261. The second kappa shape index (κ2) is 8.82. The van der Waals surface area contributed by atoms with Crippen LogP contribution < -0.4 is 15.5 Å². The number of carbonyl (C=O) groups is 2. The summed E-state index contributed by atoms with van der Waals surface area (Å²) in [5.41, 5.74) is 4.00. The monoisotopic (exact) mass is 404 g/mol. The lowest BCUT2D eigenvalue weighted by atomic mass is 10.1. The third-order valence-electron chi connectivity index (χ3n) is 5.14. The van der Waals surface area contributed by atoms with Gasteiger partial charge >= 0.3 is 0 Å². The van der Waals surface area contributed by atoms with Crippen LogP contribution in [0.4, 0.5) is 11.4 Å². The van der Waals surface area contributed by atoms with Crippen LogP contribution in [0.15, 0.2) is 59.1 Å². The van der Waals surface area contributed by atoms with Gasteiger partial charge in [0.25, 0.3) is 5.91 Å². The van der Waals surface area contributed by atoms with Crippen LogP contribution in [0.3, 0.4) is 0 Å². The molecule has 2 heterocycles. The molecule has 1 saturated heterocycles. The summed E-state index contributed by atoms with van der Waals surface area (Å²) in [5, 5.41) is 9.19. The van der Waals surface area contributed by atoms with Crippen LogP contribution in [0.2, 0.25) is 0 Å². The Balaban J connectivity index is 1.31. The zero-order valence-corrected chi connectivity index (χ0v) is 16.9. The predicted octanol–water partition coefficient (Wildman–Crippen LogP) is 3.62. The first-order chi connectivity index (χ1) is 14.6. The van der Waals surface area contributed by atoms with Crippen molar-refractivity contribution in [2.24, 2.45) is 0 Å². The Bertz CT molecular complexity index is 1040. The van der Waals surface area contributed by atoms with E-state index in [4.69, 9.17) is 4.52 Å². The molecule has 0 saturated carbocycles. The van der Waals surface area contributed by atoms with E-state index in [0.717, 1.165) is 24.2 Å². The van der Waals surface area contributed by atoms with E-state index in [1.807, 2.05) is 55.5 Å². The minimum Gasteiger partial charge on any atom is -0.371 e. The molecule has 4 rings (SSSR count). The van der Waals surface area contributed by atoms with Gasteiger partial charge in [-0.3, -0.25) is 9.59 Å². The highest BCUT2D eigenvalue weighted by Crippen LogP contribution is 2.26. The van der Waals surface area contributed by atoms with Gasteiger partial charge in [0.05, 0.1) is 6.54 Å². The second-order valence-electron chi connectivity index (χ2n) is 7.37. The molecular weight excluding hydrogens is 380 g/mol. The Morgan fingerprint density at radius 3 is 2.57 bits per heavy atom. The summed E-state index contributed by atoms with van der Waals surface area (Å²) in [7, 11) is 0. The predicted molar refractivity (Wildman–Crippen MR) is 116 cm³/mol. The number of aryl methyl sites for hydroxylation is 1. The molecule has 1 aliphatic heterocycles. The van der Waals surface area contributed by atoms with E-state index in [1.54, 1.807) is 6.07 Å². The summed E-state index contributed by atoms with van der Waals surface area (Å²) in [4.78, 5) is 26.9. The lowest BCUT2D eigenvalue weighted by Crippen LogP contribution is -2.33. The van der Waals surface area contributed by atoms with Gasteiger partial charge < -0.3 is 20.1 Å². The van der Waals surface area contributed by atoms with Crippen molar-refractivity contribution in [2.75, 3.05) is 29.9 Å². The average Bonchev–Trinajstić information content (AvgIpc) is 3.45. The second-order valence-corrected chi connectivity index (χ2v) is 7.37. The van der Waals surface area contributed by atoms with Crippen molar-refractivity contribution in [2.45, 2.75) is 19.8 Å². The molecule has 2 aromatic carbocycles. The number of amides is 2. The number of nitrogens with one attached hydrogen (secondary N) is 2. The van der Waals surface area contributed by atoms with Crippen molar-refractivity contribution in [1.82, 2.24) is 10.5 Å². The molecule has 0 aliphatic carbocycles. The molecular formula is C23H24N4O3. The smallest absolute Gasteiger partial charge is 0.273 e. The van der Waals surface area contributed by atoms with E-state index in [2.05, 4.69) is 20.7 Å². The fourth-order valence-electron chi connectivity index (χ4n) is 3.62. The van der Waals surface area contributed by atoms with Gasteiger partial charge in [-0.2, -0.15) is 0 Å². The molecule has 3 aromatic rings. The highest BCUT2D eigenvalue weighted by Gasteiger charge is 2.16. The molecule has 0 unspecified atom stereocenters. The highest BCUT2D eigenvalue weighted by atomic mass is 16.5. The summed E-state index contributed by atoms with van der Waals surface area (Å²) in [6.45, 7) is 4.04. The summed E-state index contributed by atoms with van der Waals surface area (Å²) in [5.74, 6) is -0.265. The fourth-order valence-corrected chi connectivity index (χ4v) is 3.62. The van der Waals surface area contributed by atoms with Crippen LogP contribution in [-0.2, 0) is 4.79 Å². The molecule has 1 aliphatic rings. The molecule has 0 atom stereocenters. The molecule has 7 heteroatoms. The highest BCUT2D eigenvalue weighted by molar-refractivity contribution is 5.98. The quantitative estimate of drug-likeness (QED) is 0.655. The third kappa shape index (κ3) is 4.51. The molecule has 0 spiro atoms. The standard InChI is InChI=1S/C23H24N4O3/c1-16-13-18(9-10-20(16)27-11-5-6-12-27)25-22(28)15-24-23(29)19-14-21(30-26-19)17-7-3-2-4-8-17/h2-4,7-10,13-14H,5-6,11-12,15H2,1H3,(H,24,29)(H,25,28). The SMILES string of the molecule is Cc1cc(NC(=O)CNC(=O)c2cc(-c3ccccc3)on2)ccc1N1CCCC1. The van der Waals surface area contributed by atoms with Crippen LogP contribution in [0.1, 0.15) is 28.9 Å². The minimum atomic E-state index is -0.461. The number of nitrogens with zero attached hydrogens (tertiary/aromatic N) is 2. The summed E-state index contributed by atoms with van der Waals surface area (Å²) in [6, 6.07) is 16.8. The Kier molecular flexibility index (Phi) is 5.79. The average molecular weight is 404 g/mol. The lowest BCUT2D eigenvalue weighted by molar-refractivity contribution is -0.115.